The zero-order chi connectivity index (χ0) is 20.8. The third-order valence-electron chi connectivity index (χ3n) is 5.72. The molecule has 2 amide bonds. The lowest BCUT2D eigenvalue weighted by atomic mass is 10.1. The summed E-state index contributed by atoms with van der Waals surface area (Å²) in [7, 11) is 0. The maximum Gasteiger partial charge on any atom is 0.327 e. The van der Waals surface area contributed by atoms with Crippen molar-refractivity contribution in [2.24, 2.45) is 0 Å². The fourth-order valence-corrected chi connectivity index (χ4v) is 4.34. The van der Waals surface area contributed by atoms with Crippen molar-refractivity contribution in [3.63, 3.8) is 0 Å². The minimum Gasteiger partial charge on any atom is -0.368 e. The summed E-state index contributed by atoms with van der Waals surface area (Å²) >= 11 is 0. The topological polar surface area (TPSA) is 77.8 Å². The first-order chi connectivity index (χ1) is 14.5. The molecule has 0 spiro atoms. The van der Waals surface area contributed by atoms with E-state index in [2.05, 4.69) is 32.5 Å². The van der Waals surface area contributed by atoms with Gasteiger partial charge < -0.3 is 15.5 Å². The van der Waals surface area contributed by atoms with Crippen LogP contribution in [-0.4, -0.2) is 52.9 Å². The molecule has 1 atom stereocenters. The first kappa shape index (κ1) is 18.8. The lowest BCUT2D eigenvalue weighted by Gasteiger charge is -2.34. The quantitative estimate of drug-likeness (QED) is 0.680. The Hall–Kier alpha value is -3.20. The third-order valence-corrected chi connectivity index (χ3v) is 5.72. The van der Waals surface area contributed by atoms with Gasteiger partial charge in [-0.15, -0.1) is 0 Å². The second-order valence-corrected chi connectivity index (χ2v) is 7.96. The van der Waals surface area contributed by atoms with Crippen molar-refractivity contribution in [2.75, 3.05) is 41.3 Å². The Balaban J connectivity index is 1.40. The predicted molar refractivity (Wildman–Crippen MR) is 114 cm³/mol. The van der Waals surface area contributed by atoms with E-state index >= 15 is 0 Å². The molecule has 2 aliphatic heterocycles. The number of nitrogens with zero attached hydrogens (tertiary/aromatic N) is 5. The number of carbonyl (C=O) groups excluding carboxylic acids is 1. The largest absolute Gasteiger partial charge is 0.368 e. The number of fused-ring (bicyclic) bond motifs is 2. The molecular formula is C21H24FN7O. The molecule has 0 unspecified atom stereocenters. The highest BCUT2D eigenvalue weighted by atomic mass is 19.1. The van der Waals surface area contributed by atoms with Crippen LogP contribution in [0.3, 0.4) is 0 Å². The van der Waals surface area contributed by atoms with Gasteiger partial charge in [-0.05, 0) is 38.5 Å². The summed E-state index contributed by atoms with van der Waals surface area (Å²) < 4.78 is 16.0. The third kappa shape index (κ3) is 3.24. The minimum absolute atomic E-state index is 0.132. The lowest BCUT2D eigenvalue weighted by Crippen LogP contribution is -2.49. The smallest absolute Gasteiger partial charge is 0.327 e. The first-order valence-corrected chi connectivity index (χ1v) is 10.2. The number of hydrogen-bond acceptors (Lipinski definition) is 5. The van der Waals surface area contributed by atoms with Crippen molar-refractivity contribution in [3.05, 3.63) is 47.7 Å². The van der Waals surface area contributed by atoms with Crippen molar-refractivity contribution < 1.29 is 9.18 Å². The molecule has 0 aromatic carbocycles. The Morgan fingerprint density at radius 1 is 1.33 bits per heavy atom. The number of piperazine rings is 1. The number of rotatable bonds is 2. The van der Waals surface area contributed by atoms with Crippen molar-refractivity contribution in [3.8, 4) is 0 Å². The highest BCUT2D eigenvalue weighted by Crippen LogP contribution is 2.34. The molecule has 156 valence electrons. The molecule has 1 saturated heterocycles. The van der Waals surface area contributed by atoms with Gasteiger partial charge >= 0.3 is 6.03 Å². The molecule has 2 N–H and O–H groups in total. The van der Waals surface area contributed by atoms with Crippen LogP contribution in [0.4, 0.5) is 26.4 Å². The van der Waals surface area contributed by atoms with E-state index in [1.54, 1.807) is 17.2 Å². The number of urea groups is 1. The molecule has 1 fully saturated rings. The van der Waals surface area contributed by atoms with Crippen LogP contribution in [0.2, 0.25) is 0 Å². The van der Waals surface area contributed by atoms with Gasteiger partial charge in [-0.2, -0.15) is 5.10 Å². The van der Waals surface area contributed by atoms with Crippen LogP contribution in [-0.2, 0) is 6.42 Å². The van der Waals surface area contributed by atoms with Gasteiger partial charge in [0.15, 0.2) is 5.82 Å². The van der Waals surface area contributed by atoms with Gasteiger partial charge in [-0.1, -0.05) is 0 Å². The van der Waals surface area contributed by atoms with Crippen LogP contribution in [0.25, 0.3) is 5.52 Å². The Bertz CT molecular complexity index is 1130. The molecule has 0 aliphatic carbocycles. The molecule has 5 rings (SSSR count). The summed E-state index contributed by atoms with van der Waals surface area (Å²) in [6, 6.07) is 5.48. The summed E-state index contributed by atoms with van der Waals surface area (Å²) in [5.41, 5.74) is 3.84. The molecule has 3 aromatic heterocycles. The van der Waals surface area contributed by atoms with E-state index in [1.165, 1.54) is 10.7 Å². The molecule has 0 saturated carbocycles. The molecular weight excluding hydrogens is 385 g/mol. The van der Waals surface area contributed by atoms with Crippen molar-refractivity contribution >= 4 is 28.7 Å². The number of anilines is 3. The van der Waals surface area contributed by atoms with Crippen LogP contribution in [0.1, 0.15) is 18.2 Å². The molecule has 5 heterocycles. The molecule has 30 heavy (non-hydrogen) atoms. The number of halogens is 1. The average Bonchev–Trinajstić information content (AvgIpc) is 3.30. The fraction of sp³-hybridized carbons (Fsp3) is 0.381. The first-order valence-electron chi connectivity index (χ1n) is 10.2. The second kappa shape index (κ2) is 7.24. The zero-order valence-electron chi connectivity index (χ0n) is 17.0. The van der Waals surface area contributed by atoms with Crippen molar-refractivity contribution in [1.29, 1.82) is 0 Å². The highest BCUT2D eigenvalue weighted by Gasteiger charge is 2.30. The molecule has 2 aliphatic rings. The van der Waals surface area contributed by atoms with E-state index in [1.807, 2.05) is 19.1 Å². The highest BCUT2D eigenvalue weighted by molar-refractivity contribution is 6.03. The van der Waals surface area contributed by atoms with Crippen LogP contribution < -0.4 is 20.4 Å². The molecule has 0 radical (unpaired) electrons. The van der Waals surface area contributed by atoms with Crippen molar-refractivity contribution in [2.45, 2.75) is 26.3 Å². The van der Waals surface area contributed by atoms with E-state index in [4.69, 9.17) is 0 Å². The average molecular weight is 409 g/mol. The number of aromatic nitrogens is 3. The lowest BCUT2D eigenvalue weighted by molar-refractivity contribution is 0.257. The van der Waals surface area contributed by atoms with Gasteiger partial charge in [-0.3, -0.25) is 4.90 Å². The monoisotopic (exact) mass is 409 g/mol. The summed E-state index contributed by atoms with van der Waals surface area (Å²) in [5, 5.41) is 10.4. The van der Waals surface area contributed by atoms with E-state index in [-0.39, 0.29) is 11.7 Å². The summed E-state index contributed by atoms with van der Waals surface area (Å²) in [6.45, 7) is 7.29. The number of aryl methyl sites for hydroxylation is 1. The maximum atomic E-state index is 14.5. The number of nitrogens with one attached hydrogen (secondary N) is 2. The Kier molecular flexibility index (Phi) is 4.54. The van der Waals surface area contributed by atoms with Gasteiger partial charge in [0.1, 0.15) is 5.82 Å². The molecule has 8 nitrogen and oxygen atoms in total. The van der Waals surface area contributed by atoms with Gasteiger partial charge in [0.2, 0.25) is 0 Å². The zero-order valence-corrected chi connectivity index (χ0v) is 17.0. The van der Waals surface area contributed by atoms with E-state index in [9.17, 15) is 9.18 Å². The number of amides is 2. The van der Waals surface area contributed by atoms with Crippen LogP contribution in [0, 0.1) is 12.7 Å². The predicted octanol–water partition coefficient (Wildman–Crippen LogP) is 2.57. The summed E-state index contributed by atoms with van der Waals surface area (Å²) in [4.78, 5) is 21.4. The van der Waals surface area contributed by atoms with E-state index < -0.39 is 5.82 Å². The van der Waals surface area contributed by atoms with Crippen molar-refractivity contribution in [1.82, 2.24) is 19.9 Å². The minimum atomic E-state index is -0.533. The second-order valence-electron chi connectivity index (χ2n) is 7.96. The van der Waals surface area contributed by atoms with Crippen LogP contribution >= 0.6 is 0 Å². The number of carbonyl (C=O) groups is 1. The van der Waals surface area contributed by atoms with E-state index in [0.717, 1.165) is 48.5 Å². The summed E-state index contributed by atoms with van der Waals surface area (Å²) in [5.74, 6) is 0.118. The normalized spacial score (nSPS) is 18.7. The number of hydrogen-bond donors (Lipinski definition) is 2. The summed E-state index contributed by atoms with van der Waals surface area (Å²) in [6.07, 6.45) is 3.75. The fourth-order valence-electron chi connectivity index (χ4n) is 4.34. The standard InChI is InChI=1S/C21H24FN7O/c1-13-9-15-10-18(17(22)12-29(15)26-13)25-21(30)28-7-4-16-19(3-5-24-20(16)28)27-8-6-23-14(2)11-27/h3,5,9-10,12,14,23H,4,6-8,11H2,1-2H3,(H,25,30)/t14-/m0/s1. The van der Waals surface area contributed by atoms with Crippen LogP contribution in [0.5, 0.6) is 0 Å². The van der Waals surface area contributed by atoms with Gasteiger partial charge in [-0.25, -0.2) is 18.7 Å². The molecule has 3 aromatic rings. The Morgan fingerprint density at radius 2 is 2.20 bits per heavy atom. The Morgan fingerprint density at radius 3 is 3.03 bits per heavy atom. The Labute approximate surface area is 173 Å². The van der Waals surface area contributed by atoms with Gasteiger partial charge in [0, 0.05) is 49.7 Å². The van der Waals surface area contributed by atoms with E-state index in [0.29, 0.717) is 18.4 Å². The maximum absolute atomic E-state index is 14.5. The number of pyridine rings is 2. The van der Waals surface area contributed by atoms with Gasteiger partial charge in [0.25, 0.3) is 0 Å². The SMILES string of the molecule is Cc1cc2cc(NC(=O)N3CCc4c(N5CCN[C@@H](C)C5)ccnc43)c(F)cn2n1. The van der Waals surface area contributed by atoms with Crippen LogP contribution in [0.15, 0.2) is 30.6 Å². The molecule has 0 bridgehead atoms. The molecule has 9 heteroatoms. The van der Waals surface area contributed by atoms with Gasteiger partial charge in [0.05, 0.1) is 23.1 Å².